The lowest BCUT2D eigenvalue weighted by atomic mass is 9.68. The zero-order valence-electron chi connectivity index (χ0n) is 14.4. The molecule has 0 aromatic rings. The van der Waals surface area contributed by atoms with E-state index in [-0.39, 0.29) is 0 Å². The van der Waals surface area contributed by atoms with Crippen molar-refractivity contribution in [3.8, 4) is 0 Å². The monoisotopic (exact) mass is 288 g/mol. The van der Waals surface area contributed by atoms with Crippen LogP contribution in [0.15, 0.2) is 24.3 Å². The van der Waals surface area contributed by atoms with Gasteiger partial charge in [0.25, 0.3) is 0 Å². The average Bonchev–Trinajstić information content (AvgIpc) is 2.54. The highest BCUT2D eigenvalue weighted by atomic mass is 14.3. The van der Waals surface area contributed by atoms with Crippen molar-refractivity contribution in [1.82, 2.24) is 0 Å². The quantitative estimate of drug-likeness (QED) is 0.465. The van der Waals surface area contributed by atoms with Gasteiger partial charge < -0.3 is 0 Å². The van der Waals surface area contributed by atoms with Crippen molar-refractivity contribution in [2.45, 2.75) is 84.5 Å². The van der Waals surface area contributed by atoms with Crippen LogP contribution in [0.1, 0.15) is 84.5 Å². The molecule has 0 heterocycles. The Morgan fingerprint density at radius 2 is 1.43 bits per heavy atom. The van der Waals surface area contributed by atoms with Crippen molar-refractivity contribution in [2.75, 3.05) is 0 Å². The molecule has 2 saturated carbocycles. The van der Waals surface area contributed by atoms with E-state index in [0.717, 1.165) is 23.7 Å². The number of allylic oxidation sites excluding steroid dienone is 4. The van der Waals surface area contributed by atoms with Crippen LogP contribution in [0.25, 0.3) is 0 Å². The Morgan fingerprint density at radius 3 is 2.00 bits per heavy atom. The summed E-state index contributed by atoms with van der Waals surface area (Å²) in [6, 6.07) is 0. The molecule has 0 amide bonds. The summed E-state index contributed by atoms with van der Waals surface area (Å²) in [6.07, 6.45) is 25.4. The van der Waals surface area contributed by atoms with Gasteiger partial charge in [0.15, 0.2) is 0 Å². The Hall–Kier alpha value is -0.520. The molecule has 0 heteroatoms. The first-order valence-electron chi connectivity index (χ1n) is 9.61. The maximum atomic E-state index is 2.49. The van der Waals surface area contributed by atoms with Crippen LogP contribution in [0, 0.1) is 23.7 Å². The zero-order chi connectivity index (χ0) is 14.9. The lowest BCUT2D eigenvalue weighted by Crippen LogP contribution is -2.25. The lowest BCUT2D eigenvalue weighted by molar-refractivity contribution is 0.153. The molecular weight excluding hydrogens is 252 g/mol. The largest absolute Gasteiger partial charge is 0.0917 e. The van der Waals surface area contributed by atoms with Crippen LogP contribution >= 0.6 is 0 Å². The fraction of sp³-hybridized carbons (Fsp3) is 0.810. The van der Waals surface area contributed by atoms with Crippen molar-refractivity contribution in [3.63, 3.8) is 0 Å². The third kappa shape index (κ3) is 5.64. The van der Waals surface area contributed by atoms with E-state index in [1.54, 1.807) is 0 Å². The molecule has 0 aromatic heterocycles. The second kappa shape index (κ2) is 9.49. The highest BCUT2D eigenvalue weighted by molar-refractivity contribution is 4.92. The van der Waals surface area contributed by atoms with E-state index in [1.165, 1.54) is 70.6 Å². The Labute approximate surface area is 133 Å². The Morgan fingerprint density at radius 1 is 0.810 bits per heavy atom. The highest BCUT2D eigenvalue weighted by Crippen LogP contribution is 2.42. The first-order valence-corrected chi connectivity index (χ1v) is 9.61. The van der Waals surface area contributed by atoms with Gasteiger partial charge in [0.2, 0.25) is 0 Å². The molecule has 0 nitrogen and oxygen atoms in total. The summed E-state index contributed by atoms with van der Waals surface area (Å²) in [7, 11) is 0. The molecule has 0 radical (unpaired) electrons. The minimum Gasteiger partial charge on any atom is -0.0917 e. The van der Waals surface area contributed by atoms with Crippen molar-refractivity contribution < 1.29 is 0 Å². The molecule has 2 rings (SSSR count). The fourth-order valence-electron chi connectivity index (χ4n) is 4.58. The van der Waals surface area contributed by atoms with Crippen LogP contribution < -0.4 is 0 Å². The zero-order valence-corrected chi connectivity index (χ0v) is 14.4. The molecule has 2 aliphatic carbocycles. The average molecular weight is 289 g/mol. The number of hydrogen-bond acceptors (Lipinski definition) is 0. The molecule has 0 spiro atoms. The van der Waals surface area contributed by atoms with Gasteiger partial charge in [0.1, 0.15) is 0 Å². The van der Waals surface area contributed by atoms with Crippen LogP contribution in [-0.2, 0) is 0 Å². The molecule has 0 saturated heterocycles. The van der Waals surface area contributed by atoms with E-state index in [4.69, 9.17) is 0 Å². The molecule has 0 aliphatic heterocycles. The Balaban J connectivity index is 1.65. The molecule has 21 heavy (non-hydrogen) atoms. The van der Waals surface area contributed by atoms with Gasteiger partial charge >= 0.3 is 0 Å². The summed E-state index contributed by atoms with van der Waals surface area (Å²) in [4.78, 5) is 0. The van der Waals surface area contributed by atoms with E-state index < -0.39 is 0 Å². The number of rotatable bonds is 6. The van der Waals surface area contributed by atoms with E-state index in [0.29, 0.717) is 0 Å². The van der Waals surface area contributed by atoms with Gasteiger partial charge in [-0.05, 0) is 88.4 Å². The molecular formula is C21H36. The van der Waals surface area contributed by atoms with E-state index in [2.05, 4.69) is 38.2 Å². The Kier molecular flexibility index (Phi) is 7.61. The molecule has 2 aliphatic rings. The van der Waals surface area contributed by atoms with Crippen molar-refractivity contribution in [3.05, 3.63) is 24.3 Å². The standard InChI is InChI=1S/C21H36/c1-3-5-7-9-19-12-16-21(17-13-19)20-14-10-18(11-15-20)8-6-4-2/h3,5-6,8,18-21H,4,7,9-17H2,1-2H3. The summed E-state index contributed by atoms with van der Waals surface area (Å²) in [5.41, 5.74) is 0. The summed E-state index contributed by atoms with van der Waals surface area (Å²) in [5.74, 6) is 4.06. The van der Waals surface area contributed by atoms with Crippen molar-refractivity contribution in [2.24, 2.45) is 23.7 Å². The van der Waals surface area contributed by atoms with Crippen LogP contribution in [0.5, 0.6) is 0 Å². The fourth-order valence-corrected chi connectivity index (χ4v) is 4.58. The molecule has 2 fully saturated rings. The van der Waals surface area contributed by atoms with E-state index in [9.17, 15) is 0 Å². The van der Waals surface area contributed by atoms with Gasteiger partial charge in [0, 0.05) is 0 Å². The summed E-state index contributed by atoms with van der Waals surface area (Å²) in [5, 5.41) is 0. The summed E-state index contributed by atoms with van der Waals surface area (Å²) >= 11 is 0. The third-order valence-corrected chi connectivity index (χ3v) is 6.00. The molecule has 0 atom stereocenters. The second-order valence-electron chi connectivity index (χ2n) is 7.44. The highest BCUT2D eigenvalue weighted by Gasteiger charge is 2.29. The van der Waals surface area contributed by atoms with Gasteiger partial charge in [-0.1, -0.05) is 44.1 Å². The third-order valence-electron chi connectivity index (χ3n) is 6.00. The van der Waals surface area contributed by atoms with Crippen LogP contribution in [-0.4, -0.2) is 0 Å². The van der Waals surface area contributed by atoms with Crippen LogP contribution in [0.4, 0.5) is 0 Å². The van der Waals surface area contributed by atoms with E-state index in [1.807, 2.05) is 0 Å². The first kappa shape index (κ1) is 16.8. The second-order valence-corrected chi connectivity index (χ2v) is 7.44. The minimum atomic E-state index is 0.901. The summed E-state index contributed by atoms with van der Waals surface area (Å²) < 4.78 is 0. The van der Waals surface area contributed by atoms with Gasteiger partial charge in [0.05, 0.1) is 0 Å². The molecule has 0 aromatic carbocycles. The van der Waals surface area contributed by atoms with Crippen LogP contribution in [0.2, 0.25) is 0 Å². The Bertz CT molecular complexity index is 309. The molecule has 0 unspecified atom stereocenters. The number of hydrogen-bond donors (Lipinski definition) is 0. The first-order chi connectivity index (χ1) is 10.3. The van der Waals surface area contributed by atoms with E-state index >= 15 is 0 Å². The van der Waals surface area contributed by atoms with Crippen LogP contribution in [0.3, 0.4) is 0 Å². The molecule has 0 bridgehead atoms. The maximum Gasteiger partial charge on any atom is -0.0233 e. The topological polar surface area (TPSA) is 0 Å². The van der Waals surface area contributed by atoms with Gasteiger partial charge in [-0.2, -0.15) is 0 Å². The van der Waals surface area contributed by atoms with Gasteiger partial charge in [-0.15, -0.1) is 0 Å². The minimum absolute atomic E-state index is 0.901. The van der Waals surface area contributed by atoms with Crippen molar-refractivity contribution in [1.29, 1.82) is 0 Å². The van der Waals surface area contributed by atoms with Gasteiger partial charge in [-0.3, -0.25) is 0 Å². The maximum absolute atomic E-state index is 2.49. The summed E-state index contributed by atoms with van der Waals surface area (Å²) in [6.45, 7) is 4.39. The lowest BCUT2D eigenvalue weighted by Gasteiger charge is -2.37. The molecule has 0 N–H and O–H groups in total. The van der Waals surface area contributed by atoms with Crippen molar-refractivity contribution >= 4 is 0 Å². The normalized spacial score (nSPS) is 34.8. The predicted molar refractivity (Wildman–Crippen MR) is 94.4 cm³/mol. The SMILES string of the molecule is CC=CCCC1CCC(C2CCC(C=CCC)CC2)CC1. The molecule has 120 valence electrons. The smallest absolute Gasteiger partial charge is 0.0233 e. The predicted octanol–water partition coefficient (Wildman–Crippen LogP) is 6.92. The van der Waals surface area contributed by atoms with Gasteiger partial charge in [-0.25, -0.2) is 0 Å².